The van der Waals surface area contributed by atoms with E-state index in [9.17, 15) is 9.59 Å². The van der Waals surface area contributed by atoms with Crippen molar-refractivity contribution in [3.05, 3.63) is 86.8 Å². The molecule has 0 aliphatic carbocycles. The first-order valence-electron chi connectivity index (χ1n) is 10.9. The molecule has 0 aliphatic heterocycles. The summed E-state index contributed by atoms with van der Waals surface area (Å²) in [5.41, 5.74) is 5.85. The van der Waals surface area contributed by atoms with Crippen molar-refractivity contribution in [2.75, 3.05) is 11.1 Å². The summed E-state index contributed by atoms with van der Waals surface area (Å²) < 4.78 is 1.65. The van der Waals surface area contributed by atoms with Crippen LogP contribution >= 0.6 is 11.8 Å². The zero-order valence-corrected chi connectivity index (χ0v) is 20.1. The Kier molecular flexibility index (Phi) is 8.28. The first-order chi connectivity index (χ1) is 15.3. The van der Waals surface area contributed by atoms with Crippen LogP contribution in [-0.2, 0) is 18.3 Å². The monoisotopic (exact) mass is 449 g/mol. The molecule has 1 heterocycles. The van der Waals surface area contributed by atoms with Gasteiger partial charge in [-0.1, -0.05) is 59.3 Å². The highest BCUT2D eigenvalue weighted by atomic mass is 32.2. The van der Waals surface area contributed by atoms with Crippen LogP contribution in [0, 0.1) is 20.8 Å². The van der Waals surface area contributed by atoms with E-state index in [2.05, 4.69) is 24.4 Å². The van der Waals surface area contributed by atoms with Crippen LogP contribution in [0.3, 0.4) is 0 Å². The largest absolute Gasteiger partial charge is 0.326 e. The first kappa shape index (κ1) is 23.8. The van der Waals surface area contributed by atoms with Crippen molar-refractivity contribution in [2.45, 2.75) is 51.6 Å². The van der Waals surface area contributed by atoms with E-state index < -0.39 is 0 Å². The van der Waals surface area contributed by atoms with Gasteiger partial charge in [0.15, 0.2) is 5.16 Å². The predicted molar refractivity (Wildman–Crippen MR) is 133 cm³/mol. The Morgan fingerprint density at radius 2 is 1.78 bits per heavy atom. The molecular formula is C26H31N3O2S. The molecule has 0 atom stereocenters. The molecule has 0 radical (unpaired) electrons. The molecule has 0 saturated heterocycles. The van der Waals surface area contributed by atoms with E-state index in [1.165, 1.54) is 11.1 Å². The van der Waals surface area contributed by atoms with Gasteiger partial charge in [0.2, 0.25) is 5.91 Å². The highest BCUT2D eigenvalue weighted by molar-refractivity contribution is 7.99. The second-order valence-electron chi connectivity index (χ2n) is 8.21. The lowest BCUT2D eigenvalue weighted by atomic mass is 10.0. The van der Waals surface area contributed by atoms with Crippen LogP contribution in [0.5, 0.6) is 0 Å². The Balaban J connectivity index is 1.50. The summed E-state index contributed by atoms with van der Waals surface area (Å²) in [5, 5.41) is 3.65. The molecule has 5 nitrogen and oxygen atoms in total. The number of amides is 1. The van der Waals surface area contributed by atoms with Gasteiger partial charge in [0, 0.05) is 42.6 Å². The SMILES string of the molecule is Cc1ccc(NC(=O)CCCCSc2nc(C)c(Cc3cccc(C)c3)c(=O)n2C)cc1. The van der Waals surface area contributed by atoms with E-state index in [1.54, 1.807) is 23.4 Å². The molecule has 0 fully saturated rings. The normalized spacial score (nSPS) is 10.9. The highest BCUT2D eigenvalue weighted by Crippen LogP contribution is 2.19. The molecule has 0 unspecified atom stereocenters. The quantitative estimate of drug-likeness (QED) is 0.277. The Morgan fingerprint density at radius 3 is 2.50 bits per heavy atom. The standard InChI is InChI=1S/C26H31N3O2S/c1-18-11-13-22(14-12-18)28-24(30)10-5-6-15-32-26-27-20(3)23(25(31)29(26)4)17-21-9-7-8-19(2)16-21/h7-9,11-14,16H,5-6,10,15,17H2,1-4H3,(H,28,30). The van der Waals surface area contributed by atoms with Gasteiger partial charge in [-0.15, -0.1) is 0 Å². The molecular weight excluding hydrogens is 418 g/mol. The molecule has 1 aromatic heterocycles. The molecule has 168 valence electrons. The first-order valence-corrected chi connectivity index (χ1v) is 11.9. The van der Waals surface area contributed by atoms with E-state index in [4.69, 9.17) is 4.98 Å². The number of thioether (sulfide) groups is 1. The van der Waals surface area contributed by atoms with Crippen molar-refractivity contribution >= 4 is 23.4 Å². The molecule has 0 aliphatic rings. The lowest BCUT2D eigenvalue weighted by Gasteiger charge is -2.12. The number of hydrogen-bond donors (Lipinski definition) is 1. The van der Waals surface area contributed by atoms with Crippen molar-refractivity contribution in [2.24, 2.45) is 7.05 Å². The van der Waals surface area contributed by atoms with Gasteiger partial charge in [-0.2, -0.15) is 0 Å². The molecule has 6 heteroatoms. The van der Waals surface area contributed by atoms with Gasteiger partial charge in [-0.25, -0.2) is 4.98 Å². The van der Waals surface area contributed by atoms with Crippen LogP contribution in [0.15, 0.2) is 58.5 Å². The molecule has 1 amide bonds. The molecule has 32 heavy (non-hydrogen) atoms. The third-order valence-corrected chi connectivity index (χ3v) is 6.49. The molecule has 0 bridgehead atoms. The minimum Gasteiger partial charge on any atom is -0.326 e. The maximum Gasteiger partial charge on any atom is 0.257 e. The second-order valence-corrected chi connectivity index (χ2v) is 9.27. The molecule has 3 aromatic rings. The van der Waals surface area contributed by atoms with Crippen LogP contribution < -0.4 is 10.9 Å². The van der Waals surface area contributed by atoms with Crippen LogP contribution in [0.25, 0.3) is 0 Å². The lowest BCUT2D eigenvalue weighted by molar-refractivity contribution is -0.116. The predicted octanol–water partition coefficient (Wildman–Crippen LogP) is 5.20. The van der Waals surface area contributed by atoms with Gasteiger partial charge < -0.3 is 5.32 Å². The highest BCUT2D eigenvalue weighted by Gasteiger charge is 2.13. The number of benzene rings is 2. The number of anilines is 1. The number of carbonyl (C=O) groups excluding carboxylic acids is 1. The molecule has 0 spiro atoms. The van der Waals surface area contributed by atoms with Gasteiger partial charge in [0.05, 0.1) is 0 Å². The molecule has 1 N–H and O–H groups in total. The van der Waals surface area contributed by atoms with E-state index in [0.29, 0.717) is 12.8 Å². The number of hydrogen-bond acceptors (Lipinski definition) is 4. The zero-order valence-electron chi connectivity index (χ0n) is 19.3. The third-order valence-electron chi connectivity index (χ3n) is 5.38. The van der Waals surface area contributed by atoms with Crippen molar-refractivity contribution in [1.29, 1.82) is 0 Å². The van der Waals surface area contributed by atoms with Crippen LogP contribution in [0.2, 0.25) is 0 Å². The number of nitrogens with zero attached hydrogens (tertiary/aromatic N) is 2. The summed E-state index contributed by atoms with van der Waals surface area (Å²) in [4.78, 5) is 29.7. The van der Waals surface area contributed by atoms with Gasteiger partial charge >= 0.3 is 0 Å². The summed E-state index contributed by atoms with van der Waals surface area (Å²) >= 11 is 1.57. The topological polar surface area (TPSA) is 64.0 Å². The Morgan fingerprint density at radius 1 is 1.03 bits per heavy atom. The van der Waals surface area contributed by atoms with Crippen molar-refractivity contribution < 1.29 is 4.79 Å². The summed E-state index contributed by atoms with van der Waals surface area (Å²) in [6.45, 7) is 5.98. The van der Waals surface area contributed by atoms with Gasteiger partial charge in [-0.05, 0) is 51.3 Å². The van der Waals surface area contributed by atoms with Crippen LogP contribution in [-0.4, -0.2) is 21.2 Å². The average Bonchev–Trinajstić information content (AvgIpc) is 2.76. The fourth-order valence-corrected chi connectivity index (χ4v) is 4.51. The zero-order chi connectivity index (χ0) is 23.1. The minimum absolute atomic E-state index is 0.0129. The third kappa shape index (κ3) is 6.57. The van der Waals surface area contributed by atoms with Crippen LogP contribution in [0.1, 0.15) is 47.2 Å². The molecule has 3 rings (SSSR count). The molecule has 0 saturated carbocycles. The lowest BCUT2D eigenvalue weighted by Crippen LogP contribution is -2.25. The average molecular weight is 450 g/mol. The minimum atomic E-state index is 0.0129. The van der Waals surface area contributed by atoms with Crippen molar-refractivity contribution in [3.63, 3.8) is 0 Å². The second kappa shape index (κ2) is 11.1. The summed E-state index contributed by atoms with van der Waals surface area (Å²) in [7, 11) is 1.78. The fraction of sp³-hybridized carbons (Fsp3) is 0.346. The van der Waals surface area contributed by atoms with E-state index >= 15 is 0 Å². The summed E-state index contributed by atoms with van der Waals surface area (Å²) in [6, 6.07) is 16.0. The maximum atomic E-state index is 12.9. The maximum absolute atomic E-state index is 12.9. The molecule has 2 aromatic carbocycles. The summed E-state index contributed by atoms with van der Waals surface area (Å²) in [5.74, 6) is 0.843. The number of carbonyl (C=O) groups is 1. The fourth-order valence-electron chi connectivity index (χ4n) is 3.50. The van der Waals surface area contributed by atoms with Crippen molar-refractivity contribution in [1.82, 2.24) is 9.55 Å². The number of nitrogens with one attached hydrogen (secondary N) is 1. The van der Waals surface area contributed by atoms with E-state index in [-0.39, 0.29) is 11.5 Å². The van der Waals surface area contributed by atoms with Crippen LogP contribution in [0.4, 0.5) is 5.69 Å². The van der Waals surface area contributed by atoms with Crippen molar-refractivity contribution in [3.8, 4) is 0 Å². The van der Waals surface area contributed by atoms with E-state index in [0.717, 1.165) is 46.3 Å². The Hall–Kier alpha value is -2.86. The number of aromatic nitrogens is 2. The van der Waals surface area contributed by atoms with Gasteiger partial charge in [-0.3, -0.25) is 14.2 Å². The number of rotatable bonds is 9. The number of aryl methyl sites for hydroxylation is 3. The number of unbranched alkanes of at least 4 members (excludes halogenated alkanes) is 1. The Labute approximate surface area is 194 Å². The van der Waals surface area contributed by atoms with E-state index in [1.807, 2.05) is 50.2 Å². The van der Waals surface area contributed by atoms with Gasteiger partial charge in [0.1, 0.15) is 0 Å². The Bertz CT molecular complexity index is 1140. The smallest absolute Gasteiger partial charge is 0.257 e. The van der Waals surface area contributed by atoms with Gasteiger partial charge in [0.25, 0.3) is 5.56 Å². The summed E-state index contributed by atoms with van der Waals surface area (Å²) in [6.07, 6.45) is 2.75.